The van der Waals surface area contributed by atoms with Crippen LogP contribution in [-0.4, -0.2) is 31.4 Å². The molecule has 0 bridgehead atoms. The van der Waals surface area contributed by atoms with Gasteiger partial charge in [0.05, 0.1) is 6.10 Å². The standard InChI is InChI=1S/C15H20ClNO2/c1-10-6-13(4-5-18-10)17-9-14-8-11-7-12(16)2-3-15(11)19-14/h2-3,7,10,13-14,17H,4-6,8-9H2,1H3. The molecule has 2 aliphatic heterocycles. The van der Waals surface area contributed by atoms with Gasteiger partial charge < -0.3 is 14.8 Å². The summed E-state index contributed by atoms with van der Waals surface area (Å²) in [6, 6.07) is 6.41. The summed E-state index contributed by atoms with van der Waals surface area (Å²) in [5.41, 5.74) is 1.22. The fourth-order valence-corrected chi connectivity index (χ4v) is 3.08. The molecule has 4 heteroatoms. The second-order valence-corrected chi connectivity index (χ2v) is 5.94. The first kappa shape index (κ1) is 13.2. The van der Waals surface area contributed by atoms with Crippen LogP contribution in [0.3, 0.4) is 0 Å². The number of benzene rings is 1. The summed E-state index contributed by atoms with van der Waals surface area (Å²) in [5.74, 6) is 0.983. The first-order valence-corrected chi connectivity index (χ1v) is 7.38. The van der Waals surface area contributed by atoms with Gasteiger partial charge >= 0.3 is 0 Å². The molecule has 0 amide bonds. The van der Waals surface area contributed by atoms with Gasteiger partial charge in [-0.05, 0) is 43.5 Å². The Kier molecular flexibility index (Phi) is 3.96. The number of halogens is 1. The third-order valence-corrected chi connectivity index (χ3v) is 4.12. The first-order valence-electron chi connectivity index (χ1n) is 7.01. The van der Waals surface area contributed by atoms with E-state index in [1.165, 1.54) is 5.56 Å². The molecule has 2 aliphatic rings. The SMILES string of the molecule is CC1CC(NCC2Cc3cc(Cl)ccc3O2)CCO1. The minimum Gasteiger partial charge on any atom is -0.488 e. The average Bonchev–Trinajstić information content (AvgIpc) is 2.78. The molecule has 1 N–H and O–H groups in total. The fourth-order valence-electron chi connectivity index (χ4n) is 2.88. The van der Waals surface area contributed by atoms with Crippen molar-refractivity contribution in [1.82, 2.24) is 5.32 Å². The highest BCUT2D eigenvalue weighted by atomic mass is 35.5. The second kappa shape index (κ2) is 5.70. The quantitative estimate of drug-likeness (QED) is 0.924. The predicted octanol–water partition coefficient (Wildman–Crippen LogP) is 2.80. The Morgan fingerprint density at radius 2 is 2.32 bits per heavy atom. The summed E-state index contributed by atoms with van der Waals surface area (Å²) >= 11 is 6.00. The number of rotatable bonds is 3. The van der Waals surface area contributed by atoms with Gasteiger partial charge in [-0.2, -0.15) is 0 Å². The lowest BCUT2D eigenvalue weighted by Gasteiger charge is -2.28. The Labute approximate surface area is 119 Å². The molecule has 1 aromatic rings. The van der Waals surface area contributed by atoms with Gasteiger partial charge in [0.2, 0.25) is 0 Å². The maximum atomic E-state index is 6.00. The van der Waals surface area contributed by atoms with E-state index in [4.69, 9.17) is 21.1 Å². The summed E-state index contributed by atoms with van der Waals surface area (Å²) < 4.78 is 11.5. The fraction of sp³-hybridized carbons (Fsp3) is 0.600. The number of fused-ring (bicyclic) bond motifs is 1. The monoisotopic (exact) mass is 281 g/mol. The van der Waals surface area contributed by atoms with Crippen LogP contribution in [0.4, 0.5) is 0 Å². The second-order valence-electron chi connectivity index (χ2n) is 5.51. The average molecular weight is 282 g/mol. The molecule has 2 heterocycles. The van der Waals surface area contributed by atoms with Crippen molar-refractivity contribution in [3.8, 4) is 5.75 Å². The minimum atomic E-state index is 0.228. The molecular weight excluding hydrogens is 262 g/mol. The van der Waals surface area contributed by atoms with E-state index in [1.807, 2.05) is 18.2 Å². The molecule has 3 nitrogen and oxygen atoms in total. The van der Waals surface area contributed by atoms with E-state index in [0.29, 0.717) is 12.1 Å². The van der Waals surface area contributed by atoms with Crippen molar-refractivity contribution in [1.29, 1.82) is 0 Å². The molecule has 1 saturated heterocycles. The van der Waals surface area contributed by atoms with Gasteiger partial charge in [-0.15, -0.1) is 0 Å². The highest BCUT2D eigenvalue weighted by Gasteiger charge is 2.25. The van der Waals surface area contributed by atoms with Crippen LogP contribution in [0.15, 0.2) is 18.2 Å². The number of nitrogens with one attached hydrogen (secondary N) is 1. The third-order valence-electron chi connectivity index (χ3n) is 3.88. The Morgan fingerprint density at radius 3 is 3.16 bits per heavy atom. The van der Waals surface area contributed by atoms with Crippen LogP contribution in [0, 0.1) is 0 Å². The maximum absolute atomic E-state index is 6.00. The van der Waals surface area contributed by atoms with E-state index in [2.05, 4.69) is 12.2 Å². The van der Waals surface area contributed by atoms with Crippen LogP contribution in [0.2, 0.25) is 5.02 Å². The Morgan fingerprint density at radius 1 is 1.42 bits per heavy atom. The highest BCUT2D eigenvalue weighted by molar-refractivity contribution is 6.30. The third kappa shape index (κ3) is 3.22. The van der Waals surface area contributed by atoms with E-state index in [-0.39, 0.29) is 6.10 Å². The Hall–Kier alpha value is -0.770. The van der Waals surface area contributed by atoms with Gasteiger partial charge in [-0.3, -0.25) is 0 Å². The Balaban J connectivity index is 1.50. The van der Waals surface area contributed by atoms with Crippen molar-refractivity contribution in [3.05, 3.63) is 28.8 Å². The van der Waals surface area contributed by atoms with Crippen molar-refractivity contribution in [3.63, 3.8) is 0 Å². The molecule has 1 aromatic carbocycles. The maximum Gasteiger partial charge on any atom is 0.123 e. The van der Waals surface area contributed by atoms with E-state index in [1.54, 1.807) is 0 Å². The molecule has 0 spiro atoms. The number of hydrogen-bond donors (Lipinski definition) is 1. The lowest BCUT2D eigenvalue weighted by atomic mass is 10.0. The summed E-state index contributed by atoms with van der Waals surface area (Å²) in [7, 11) is 0. The van der Waals surface area contributed by atoms with Crippen molar-refractivity contribution < 1.29 is 9.47 Å². The van der Waals surface area contributed by atoms with Crippen molar-refractivity contribution in [2.75, 3.05) is 13.2 Å². The molecule has 19 heavy (non-hydrogen) atoms. The van der Waals surface area contributed by atoms with Crippen molar-refractivity contribution in [2.24, 2.45) is 0 Å². The molecule has 1 fully saturated rings. The van der Waals surface area contributed by atoms with Gasteiger partial charge in [-0.25, -0.2) is 0 Å². The topological polar surface area (TPSA) is 30.5 Å². The van der Waals surface area contributed by atoms with Gasteiger partial charge in [0.1, 0.15) is 11.9 Å². The normalized spacial score (nSPS) is 29.9. The predicted molar refractivity (Wildman–Crippen MR) is 76.0 cm³/mol. The van der Waals surface area contributed by atoms with Crippen LogP contribution < -0.4 is 10.1 Å². The zero-order valence-electron chi connectivity index (χ0n) is 11.2. The van der Waals surface area contributed by atoms with Gasteiger partial charge in [0.15, 0.2) is 0 Å². The molecule has 3 atom stereocenters. The summed E-state index contributed by atoms with van der Waals surface area (Å²) in [5, 5.41) is 4.39. The minimum absolute atomic E-state index is 0.228. The van der Waals surface area contributed by atoms with Crippen LogP contribution >= 0.6 is 11.6 Å². The largest absolute Gasteiger partial charge is 0.488 e. The van der Waals surface area contributed by atoms with E-state index < -0.39 is 0 Å². The first-order chi connectivity index (χ1) is 9.20. The van der Waals surface area contributed by atoms with Crippen LogP contribution in [0.25, 0.3) is 0 Å². The lowest BCUT2D eigenvalue weighted by Crippen LogP contribution is -2.42. The smallest absolute Gasteiger partial charge is 0.123 e. The molecule has 3 rings (SSSR count). The van der Waals surface area contributed by atoms with Crippen LogP contribution in [0.5, 0.6) is 5.75 Å². The number of ether oxygens (including phenoxy) is 2. The summed E-state index contributed by atoms with van der Waals surface area (Å²) in [6.45, 7) is 3.89. The molecule has 104 valence electrons. The zero-order valence-corrected chi connectivity index (χ0v) is 12.0. The summed E-state index contributed by atoms with van der Waals surface area (Å²) in [4.78, 5) is 0. The zero-order chi connectivity index (χ0) is 13.2. The molecule has 0 radical (unpaired) electrons. The molecule has 0 saturated carbocycles. The van der Waals surface area contributed by atoms with E-state index in [9.17, 15) is 0 Å². The molecule has 3 unspecified atom stereocenters. The summed E-state index contributed by atoms with van der Waals surface area (Å²) in [6.07, 6.45) is 3.72. The van der Waals surface area contributed by atoms with Crippen LogP contribution in [-0.2, 0) is 11.2 Å². The number of hydrogen-bond acceptors (Lipinski definition) is 3. The lowest BCUT2D eigenvalue weighted by molar-refractivity contribution is 0.0119. The Bertz CT molecular complexity index is 452. The van der Waals surface area contributed by atoms with Gasteiger partial charge in [0.25, 0.3) is 0 Å². The molecular formula is C15H20ClNO2. The van der Waals surface area contributed by atoms with Crippen molar-refractivity contribution >= 4 is 11.6 Å². The van der Waals surface area contributed by atoms with E-state index >= 15 is 0 Å². The molecule has 0 aromatic heterocycles. The molecule has 0 aliphatic carbocycles. The van der Waals surface area contributed by atoms with Gasteiger partial charge in [-0.1, -0.05) is 11.6 Å². The highest BCUT2D eigenvalue weighted by Crippen LogP contribution is 2.30. The van der Waals surface area contributed by atoms with Gasteiger partial charge in [0, 0.05) is 30.6 Å². The van der Waals surface area contributed by atoms with E-state index in [0.717, 1.165) is 43.2 Å². The van der Waals surface area contributed by atoms with Crippen LogP contribution in [0.1, 0.15) is 25.3 Å². The van der Waals surface area contributed by atoms with Crippen molar-refractivity contribution in [2.45, 2.75) is 44.4 Å².